The minimum absolute atomic E-state index is 0.159. The lowest BCUT2D eigenvalue weighted by Crippen LogP contribution is -2.41. The van der Waals surface area contributed by atoms with E-state index in [-0.39, 0.29) is 12.3 Å². The van der Waals surface area contributed by atoms with Crippen LogP contribution in [0.1, 0.15) is 23.2 Å². The molecule has 2 amide bonds. The predicted octanol–water partition coefficient (Wildman–Crippen LogP) is 2.60. The molecule has 0 aliphatic heterocycles. The number of hydrogen-bond donors (Lipinski definition) is 2. The summed E-state index contributed by atoms with van der Waals surface area (Å²) in [6, 6.07) is 13.9. The quantitative estimate of drug-likeness (QED) is 0.623. The Hall–Kier alpha value is -2.87. The van der Waals surface area contributed by atoms with Gasteiger partial charge in [0, 0.05) is 23.0 Å². The molecule has 0 spiro atoms. The van der Waals surface area contributed by atoms with Crippen molar-refractivity contribution >= 4 is 38.8 Å². The van der Waals surface area contributed by atoms with Crippen molar-refractivity contribution in [2.24, 2.45) is 0 Å². The fraction of sp³-hybridized carbons (Fsp3) is 0.167. The lowest BCUT2D eigenvalue weighted by molar-refractivity contribution is -0.122. The van der Waals surface area contributed by atoms with Crippen LogP contribution in [-0.2, 0) is 11.3 Å². The zero-order valence-corrected chi connectivity index (χ0v) is 15.3. The van der Waals surface area contributed by atoms with Crippen LogP contribution >= 0.6 is 15.9 Å². The number of aromatic nitrogens is 1. The Morgan fingerprint density at radius 1 is 1.04 bits per heavy atom. The SMILES string of the molecule is O=C(CCCn1c(=O)oc2ccccc21)NNC(=O)c1ccc(Br)cc1. The molecule has 0 radical (unpaired) electrons. The number of nitrogens with one attached hydrogen (secondary N) is 2. The van der Waals surface area contributed by atoms with E-state index >= 15 is 0 Å². The van der Waals surface area contributed by atoms with Crippen molar-refractivity contribution in [2.75, 3.05) is 0 Å². The first kappa shape index (κ1) is 17.9. The van der Waals surface area contributed by atoms with Crippen molar-refractivity contribution in [3.8, 4) is 0 Å². The first-order valence-electron chi connectivity index (χ1n) is 7.98. The molecule has 0 bridgehead atoms. The summed E-state index contributed by atoms with van der Waals surface area (Å²) in [6.45, 7) is 0.351. The summed E-state index contributed by atoms with van der Waals surface area (Å²) in [6.07, 6.45) is 0.593. The monoisotopic (exact) mass is 417 g/mol. The number of hydrogen-bond acceptors (Lipinski definition) is 4. The molecule has 0 fully saturated rings. The lowest BCUT2D eigenvalue weighted by atomic mass is 10.2. The third-order valence-corrected chi connectivity index (χ3v) is 4.31. The van der Waals surface area contributed by atoms with E-state index in [0.717, 1.165) is 4.47 Å². The van der Waals surface area contributed by atoms with Crippen LogP contribution in [0.2, 0.25) is 0 Å². The van der Waals surface area contributed by atoms with Gasteiger partial charge in [-0.25, -0.2) is 4.79 Å². The van der Waals surface area contributed by atoms with E-state index < -0.39 is 11.7 Å². The van der Waals surface area contributed by atoms with E-state index in [1.807, 2.05) is 6.07 Å². The van der Waals surface area contributed by atoms with E-state index in [2.05, 4.69) is 26.8 Å². The molecule has 2 aromatic carbocycles. The van der Waals surface area contributed by atoms with Crippen LogP contribution in [0.25, 0.3) is 11.1 Å². The van der Waals surface area contributed by atoms with Crippen LogP contribution in [0.5, 0.6) is 0 Å². The zero-order chi connectivity index (χ0) is 18.5. The number of carbonyl (C=O) groups is 2. The third kappa shape index (κ3) is 4.20. The van der Waals surface area contributed by atoms with Crippen molar-refractivity contribution in [3.63, 3.8) is 0 Å². The molecule has 0 atom stereocenters. The molecule has 134 valence electrons. The number of oxazole rings is 1. The average Bonchev–Trinajstić information content (AvgIpc) is 2.96. The number of fused-ring (bicyclic) bond motifs is 1. The number of hydrazine groups is 1. The van der Waals surface area contributed by atoms with Crippen molar-refractivity contribution in [3.05, 3.63) is 69.1 Å². The Morgan fingerprint density at radius 2 is 1.77 bits per heavy atom. The van der Waals surface area contributed by atoms with Crippen LogP contribution in [0.4, 0.5) is 0 Å². The highest BCUT2D eigenvalue weighted by molar-refractivity contribution is 9.10. The van der Waals surface area contributed by atoms with Gasteiger partial charge in [-0.05, 0) is 42.8 Å². The van der Waals surface area contributed by atoms with Gasteiger partial charge in [0.1, 0.15) is 0 Å². The maximum Gasteiger partial charge on any atom is 0.419 e. The van der Waals surface area contributed by atoms with Gasteiger partial charge in [-0.3, -0.25) is 25.0 Å². The summed E-state index contributed by atoms with van der Waals surface area (Å²) < 4.78 is 7.49. The number of halogens is 1. The first-order valence-corrected chi connectivity index (χ1v) is 8.77. The van der Waals surface area contributed by atoms with Crippen LogP contribution in [0.3, 0.4) is 0 Å². The van der Waals surface area contributed by atoms with Crippen LogP contribution in [0, 0.1) is 0 Å². The highest BCUT2D eigenvalue weighted by Gasteiger charge is 2.10. The molecular weight excluding hydrogens is 402 g/mol. The Morgan fingerprint density at radius 3 is 2.54 bits per heavy atom. The third-order valence-electron chi connectivity index (χ3n) is 3.78. The molecule has 26 heavy (non-hydrogen) atoms. The molecule has 0 saturated heterocycles. The smallest absolute Gasteiger partial charge is 0.408 e. The number of benzene rings is 2. The van der Waals surface area contributed by atoms with Crippen LogP contribution < -0.4 is 16.6 Å². The molecule has 8 heteroatoms. The number of amides is 2. The van der Waals surface area contributed by atoms with Gasteiger partial charge in [0.2, 0.25) is 5.91 Å². The molecular formula is C18H16BrN3O4. The molecule has 7 nitrogen and oxygen atoms in total. The molecule has 2 N–H and O–H groups in total. The highest BCUT2D eigenvalue weighted by Crippen LogP contribution is 2.12. The molecule has 0 aliphatic carbocycles. The lowest BCUT2D eigenvalue weighted by Gasteiger charge is -2.07. The van der Waals surface area contributed by atoms with Crippen LogP contribution in [0.15, 0.2) is 62.2 Å². The van der Waals surface area contributed by atoms with Crippen molar-refractivity contribution in [2.45, 2.75) is 19.4 Å². The van der Waals surface area contributed by atoms with Gasteiger partial charge in [-0.15, -0.1) is 0 Å². The fourth-order valence-corrected chi connectivity index (χ4v) is 2.75. The standard InChI is InChI=1S/C18H16BrN3O4/c19-13-9-7-12(8-10-13)17(24)21-20-16(23)6-3-11-22-14-4-1-2-5-15(14)26-18(22)25/h1-2,4-5,7-10H,3,6,11H2,(H,20,23)(H,21,24). The predicted molar refractivity (Wildman–Crippen MR) is 99.5 cm³/mol. The van der Waals surface area contributed by atoms with Gasteiger partial charge >= 0.3 is 5.76 Å². The maximum atomic E-state index is 11.9. The minimum atomic E-state index is -0.449. The first-order chi connectivity index (χ1) is 12.5. The molecule has 1 heterocycles. The molecule has 0 aliphatic rings. The van der Waals surface area contributed by atoms with E-state index in [1.165, 1.54) is 4.57 Å². The molecule has 3 rings (SSSR count). The average molecular weight is 418 g/mol. The fourth-order valence-electron chi connectivity index (χ4n) is 2.49. The number of carbonyl (C=O) groups excluding carboxylic acids is 2. The van der Waals surface area contributed by atoms with E-state index in [1.54, 1.807) is 42.5 Å². The molecule has 3 aromatic rings. The van der Waals surface area contributed by atoms with Gasteiger partial charge < -0.3 is 4.42 Å². The second kappa shape index (κ2) is 8.01. The maximum absolute atomic E-state index is 11.9. The van der Waals surface area contributed by atoms with Crippen LogP contribution in [-0.4, -0.2) is 16.4 Å². The summed E-state index contributed by atoms with van der Waals surface area (Å²) >= 11 is 3.29. The zero-order valence-electron chi connectivity index (χ0n) is 13.7. The molecule has 1 aromatic heterocycles. The van der Waals surface area contributed by atoms with Crippen molar-refractivity contribution < 1.29 is 14.0 Å². The summed E-state index contributed by atoms with van der Waals surface area (Å²) in [5.74, 6) is -1.19. The highest BCUT2D eigenvalue weighted by atomic mass is 79.9. The largest absolute Gasteiger partial charge is 0.419 e. The van der Waals surface area contributed by atoms with Gasteiger partial charge in [-0.1, -0.05) is 28.1 Å². The molecule has 0 saturated carbocycles. The van der Waals surface area contributed by atoms with Crippen molar-refractivity contribution in [1.29, 1.82) is 0 Å². The second-order valence-electron chi connectivity index (χ2n) is 5.60. The number of nitrogens with zero attached hydrogens (tertiary/aromatic N) is 1. The summed E-state index contributed by atoms with van der Waals surface area (Å²) in [5, 5.41) is 0. The minimum Gasteiger partial charge on any atom is -0.408 e. The normalized spacial score (nSPS) is 10.7. The van der Waals surface area contributed by atoms with Gasteiger partial charge in [0.05, 0.1) is 5.52 Å². The summed E-state index contributed by atoms with van der Waals surface area (Å²) in [5.41, 5.74) is 6.38. The Kier molecular flexibility index (Phi) is 5.52. The van der Waals surface area contributed by atoms with E-state index in [0.29, 0.717) is 29.6 Å². The van der Waals surface area contributed by atoms with E-state index in [9.17, 15) is 14.4 Å². The Bertz CT molecular complexity index is 992. The van der Waals surface area contributed by atoms with Gasteiger partial charge in [0.15, 0.2) is 5.58 Å². The van der Waals surface area contributed by atoms with Gasteiger partial charge in [0.25, 0.3) is 5.91 Å². The topological polar surface area (TPSA) is 93.3 Å². The summed E-state index contributed by atoms with van der Waals surface area (Å²) in [4.78, 5) is 35.6. The van der Waals surface area contributed by atoms with Gasteiger partial charge in [-0.2, -0.15) is 0 Å². The van der Waals surface area contributed by atoms with Crippen molar-refractivity contribution in [1.82, 2.24) is 15.4 Å². The number of aryl methyl sites for hydroxylation is 1. The van der Waals surface area contributed by atoms with E-state index in [4.69, 9.17) is 4.42 Å². The summed E-state index contributed by atoms with van der Waals surface area (Å²) in [7, 11) is 0. The number of para-hydroxylation sites is 2. The second-order valence-corrected chi connectivity index (χ2v) is 6.52. The molecule has 0 unspecified atom stereocenters. The number of rotatable bonds is 5. The Labute approximate surface area is 157 Å². The Balaban J connectivity index is 1.48.